The van der Waals surface area contributed by atoms with Crippen molar-refractivity contribution in [3.8, 4) is 0 Å². The Balaban J connectivity index is -0.000000605. The first-order chi connectivity index (χ1) is 5.59. The van der Waals surface area contributed by atoms with E-state index in [1.807, 2.05) is 0 Å². The second-order valence-electron chi connectivity index (χ2n) is 3.37. The Morgan fingerprint density at radius 1 is 1.14 bits per heavy atom. The number of halogens is 1. The van der Waals surface area contributed by atoms with Crippen LogP contribution in [0.5, 0.6) is 0 Å². The minimum absolute atomic E-state index is 0. The van der Waals surface area contributed by atoms with Crippen LogP contribution in [0, 0.1) is 0 Å². The number of hydrogen-bond acceptors (Lipinski definition) is 1. The topological polar surface area (TPSA) is 74.6 Å². The molecule has 0 spiro atoms. The van der Waals surface area contributed by atoms with Gasteiger partial charge in [-0.3, -0.25) is 0 Å². The van der Waals surface area contributed by atoms with E-state index in [1.54, 1.807) is 0 Å². The Bertz CT molecular complexity index is 168. The van der Waals surface area contributed by atoms with Crippen molar-refractivity contribution in [2.45, 2.75) is 39.8 Å². The first kappa shape index (κ1) is 20.1. The minimum Gasteiger partial charge on any atom is -0.693 e. The summed E-state index contributed by atoms with van der Waals surface area (Å²) >= 11 is -0.916. The summed E-state index contributed by atoms with van der Waals surface area (Å²) in [6.07, 6.45) is 0. The molecule has 0 aliphatic heterocycles. The molecule has 0 amide bonds. The molecule has 0 saturated carbocycles. The van der Waals surface area contributed by atoms with E-state index in [1.165, 1.54) is 0 Å². The van der Waals surface area contributed by atoms with Crippen LogP contribution in [0.3, 0.4) is 0 Å². The van der Waals surface area contributed by atoms with Gasteiger partial charge in [-0.05, 0) is 0 Å². The summed E-state index contributed by atoms with van der Waals surface area (Å²) in [5, 5.41) is 0. The summed E-state index contributed by atoms with van der Waals surface area (Å²) in [5.41, 5.74) is 0. The summed E-state index contributed by atoms with van der Waals surface area (Å²) in [5.74, 6) is 0. The van der Waals surface area contributed by atoms with Gasteiger partial charge in [0.25, 0.3) is 0 Å². The fourth-order valence-electron chi connectivity index (χ4n) is 1.31. The summed E-state index contributed by atoms with van der Waals surface area (Å²) in [6.45, 7) is 10.9. The van der Waals surface area contributed by atoms with Crippen LogP contribution >= 0.6 is 9.19 Å². The smallest absolute Gasteiger partial charge is 0.693 e. The molecule has 0 aliphatic rings. The fourth-order valence-corrected chi connectivity index (χ4v) is 2.52. The van der Waals surface area contributed by atoms with E-state index in [-0.39, 0.29) is 12.3 Å². The molecule has 0 fully saturated rings. The van der Waals surface area contributed by atoms with Crippen LogP contribution in [0.4, 0.5) is 0 Å². The summed E-state index contributed by atoms with van der Waals surface area (Å²) < 4.78 is 4.28. The van der Waals surface area contributed by atoms with Gasteiger partial charge in [-0.25, -0.2) is 0 Å². The molecule has 0 atom stereocenters. The molecule has 0 aromatic heterocycles. The molecule has 0 aromatic rings. The maximum atomic E-state index is 5.64. The molecule has 0 bridgehead atoms. The van der Waals surface area contributed by atoms with E-state index in [0.29, 0.717) is 12.1 Å². The SMILES string of the molecule is CC(C)N(CC[N+]#[Ta][Cl])C(C)C.[NH2-].[NH2-]. The van der Waals surface area contributed by atoms with Crippen LogP contribution in [0.1, 0.15) is 27.7 Å². The fraction of sp³-hybridized carbons (Fsp3) is 1.00. The molecular weight excluding hydrogens is 369 g/mol. The Kier molecular flexibility index (Phi) is 16.8. The Morgan fingerprint density at radius 3 is 1.86 bits per heavy atom. The normalized spacial score (nSPS) is 9.14. The zero-order valence-electron chi connectivity index (χ0n) is 9.44. The summed E-state index contributed by atoms with van der Waals surface area (Å²) in [4.78, 5) is 2.44. The molecule has 0 aromatic carbocycles. The van der Waals surface area contributed by atoms with Crippen LogP contribution in [-0.2, 0) is 18.3 Å². The van der Waals surface area contributed by atoms with E-state index in [2.05, 4.69) is 35.7 Å². The second kappa shape index (κ2) is 11.7. The van der Waals surface area contributed by atoms with Gasteiger partial charge >= 0.3 is 88.4 Å². The predicted octanol–water partition coefficient (Wildman–Crippen LogP) is 4.06. The van der Waals surface area contributed by atoms with Crippen LogP contribution in [-0.4, -0.2) is 30.1 Å². The summed E-state index contributed by atoms with van der Waals surface area (Å²) in [6, 6.07) is 1.23. The molecule has 0 rings (SSSR count). The molecule has 14 heavy (non-hydrogen) atoms. The van der Waals surface area contributed by atoms with Gasteiger partial charge < -0.3 is 12.3 Å². The third kappa shape index (κ3) is 9.19. The molecule has 4 nitrogen and oxygen atoms in total. The van der Waals surface area contributed by atoms with E-state index in [9.17, 15) is 0 Å². The number of hydrogen-bond donors (Lipinski definition) is 0. The van der Waals surface area contributed by atoms with Crippen molar-refractivity contribution in [2.24, 2.45) is 0 Å². The first-order valence-electron chi connectivity index (χ1n) is 4.33. The molecule has 6 heteroatoms. The minimum atomic E-state index is -0.916. The molecule has 87 valence electrons. The van der Waals surface area contributed by atoms with Crippen molar-refractivity contribution in [1.82, 2.24) is 4.90 Å². The van der Waals surface area contributed by atoms with Crippen molar-refractivity contribution in [2.75, 3.05) is 13.1 Å². The molecular formula is C8H22ClN4Ta-. The second-order valence-corrected chi connectivity index (χ2v) is 6.16. The molecule has 0 aliphatic carbocycles. The molecule has 0 unspecified atom stereocenters. The van der Waals surface area contributed by atoms with Crippen LogP contribution in [0.15, 0.2) is 0 Å². The molecule has 0 heterocycles. The van der Waals surface area contributed by atoms with Crippen molar-refractivity contribution >= 4 is 9.19 Å². The Labute approximate surface area is 101 Å². The van der Waals surface area contributed by atoms with Gasteiger partial charge in [-0.1, -0.05) is 0 Å². The average Bonchev–Trinajstić information content (AvgIpc) is 1.96. The van der Waals surface area contributed by atoms with Gasteiger partial charge in [-0.2, -0.15) is 0 Å². The van der Waals surface area contributed by atoms with E-state index >= 15 is 0 Å². The van der Waals surface area contributed by atoms with Gasteiger partial charge in [0.15, 0.2) is 0 Å². The van der Waals surface area contributed by atoms with Crippen LogP contribution < -0.4 is 0 Å². The first-order valence-corrected chi connectivity index (χ1v) is 9.75. The van der Waals surface area contributed by atoms with Crippen molar-refractivity contribution in [1.29, 1.82) is 0 Å². The zero-order chi connectivity index (χ0) is 9.56. The third-order valence-electron chi connectivity index (χ3n) is 1.84. The average molecular weight is 391 g/mol. The number of nitrogens with two attached hydrogens (primary N) is 2. The summed E-state index contributed by atoms with van der Waals surface area (Å²) in [7, 11) is 5.64. The number of rotatable bonds is 4. The van der Waals surface area contributed by atoms with E-state index < -0.39 is 18.3 Å². The van der Waals surface area contributed by atoms with Gasteiger partial charge in [0, 0.05) is 0 Å². The van der Waals surface area contributed by atoms with Crippen molar-refractivity contribution in [3.63, 3.8) is 0 Å². The van der Waals surface area contributed by atoms with Crippen LogP contribution in [0.2, 0.25) is 0 Å². The van der Waals surface area contributed by atoms with E-state index in [4.69, 9.17) is 9.19 Å². The maximum absolute atomic E-state index is 5.64. The van der Waals surface area contributed by atoms with Crippen molar-refractivity contribution < 1.29 is 18.3 Å². The quantitative estimate of drug-likeness (QED) is 0.713. The monoisotopic (exact) mass is 390 g/mol. The van der Waals surface area contributed by atoms with Crippen LogP contribution in [0.25, 0.3) is 15.5 Å². The van der Waals surface area contributed by atoms with Gasteiger partial charge in [-0.15, -0.1) is 0 Å². The maximum Gasteiger partial charge on any atom is -0.693 e. The standard InChI is InChI=1S/C8H18N2.ClH.2H2N.Ta/c1-7(2)10(6-5-9)8(3)4;;;;/h7-8H,5-6H2,1-4H3;1H;2*1H2;/q+1;;2*-1;+1/p-1. The zero-order valence-corrected chi connectivity index (χ0v) is 13.4. The van der Waals surface area contributed by atoms with Gasteiger partial charge in [0.2, 0.25) is 0 Å². The molecule has 0 radical (unpaired) electrons. The largest absolute Gasteiger partial charge is 0.693 e. The molecule has 0 saturated heterocycles. The van der Waals surface area contributed by atoms with Crippen molar-refractivity contribution in [3.05, 3.63) is 15.5 Å². The predicted molar refractivity (Wildman–Crippen MR) is 61.6 cm³/mol. The molecule has 4 N–H and O–H groups in total. The van der Waals surface area contributed by atoms with Gasteiger partial charge in [0.1, 0.15) is 0 Å². The van der Waals surface area contributed by atoms with Gasteiger partial charge in [0.05, 0.1) is 0 Å². The number of nitrogens with zero attached hydrogens (tertiary/aromatic N) is 2. The third-order valence-corrected chi connectivity index (χ3v) is 3.82. The van der Waals surface area contributed by atoms with E-state index in [0.717, 1.165) is 13.1 Å². The Morgan fingerprint density at radius 2 is 1.57 bits per heavy atom. The Hall–Kier alpha value is 0.620.